The second-order valence-corrected chi connectivity index (χ2v) is 8.67. The Kier molecular flexibility index (Phi) is 7.83. The molecule has 3 aromatic rings. The van der Waals surface area contributed by atoms with Gasteiger partial charge in [0.2, 0.25) is 11.8 Å². The second kappa shape index (κ2) is 11.2. The predicted octanol–water partition coefficient (Wildman–Crippen LogP) is 1.95. The topological polar surface area (TPSA) is 109 Å². The number of β-amino-alcohol motifs (C(OH)–C–C–N with tert-alkyl or cyclic N) is 1. The van der Waals surface area contributed by atoms with E-state index in [1.54, 1.807) is 18.7 Å². The van der Waals surface area contributed by atoms with Gasteiger partial charge in [0.25, 0.3) is 0 Å². The zero-order valence-corrected chi connectivity index (χ0v) is 18.7. The maximum atomic E-state index is 11.9. The number of hydrogen-bond donors (Lipinski definition) is 2. The lowest BCUT2D eigenvalue weighted by atomic mass is 9.93. The molecule has 0 spiro atoms. The molecule has 4 rings (SSSR count). The average molecular weight is 450 g/mol. The maximum absolute atomic E-state index is 11.9. The highest BCUT2D eigenvalue weighted by atomic mass is 16.3. The van der Waals surface area contributed by atoms with Crippen LogP contribution in [0, 0.1) is 5.92 Å². The molecule has 1 aromatic carbocycles. The summed E-state index contributed by atoms with van der Waals surface area (Å²) in [6, 6.07) is 11.9. The molecular weight excluding hydrogens is 418 g/mol. The van der Waals surface area contributed by atoms with Gasteiger partial charge in [0.1, 0.15) is 6.26 Å². The first-order valence-corrected chi connectivity index (χ1v) is 11.4. The van der Waals surface area contributed by atoms with Crippen molar-refractivity contribution >= 4 is 5.91 Å². The Labute approximate surface area is 194 Å². The van der Waals surface area contributed by atoms with Crippen molar-refractivity contribution in [2.24, 2.45) is 11.7 Å². The van der Waals surface area contributed by atoms with Crippen molar-refractivity contribution in [1.29, 1.82) is 0 Å². The van der Waals surface area contributed by atoms with Gasteiger partial charge in [-0.05, 0) is 30.0 Å². The molecule has 2 aromatic heterocycles. The summed E-state index contributed by atoms with van der Waals surface area (Å²) in [5, 5.41) is 10.6. The van der Waals surface area contributed by atoms with Crippen molar-refractivity contribution in [3.8, 4) is 11.5 Å². The van der Waals surface area contributed by atoms with Crippen LogP contribution in [0.25, 0.3) is 11.5 Å². The zero-order chi connectivity index (χ0) is 23.0. The Hall–Kier alpha value is -3.07. The number of carbonyl (C=O) groups excluding carboxylic acids is 1. The van der Waals surface area contributed by atoms with Crippen molar-refractivity contribution in [3.63, 3.8) is 0 Å². The van der Waals surface area contributed by atoms with E-state index >= 15 is 0 Å². The van der Waals surface area contributed by atoms with Gasteiger partial charge in [-0.15, -0.1) is 0 Å². The Balaban J connectivity index is 1.23. The van der Waals surface area contributed by atoms with E-state index in [4.69, 9.17) is 10.2 Å². The van der Waals surface area contributed by atoms with Crippen LogP contribution in [-0.4, -0.2) is 69.6 Å². The second-order valence-electron chi connectivity index (χ2n) is 8.67. The van der Waals surface area contributed by atoms with Gasteiger partial charge in [-0.25, -0.2) is 4.98 Å². The fraction of sp³-hybridized carbons (Fsp3) is 0.400. The standard InChI is InChI=1S/C25H31N5O3/c26-24(32)21(12-19-4-2-1-3-5-19)14-23(31)18-30-9-7-29(8-10-30)17-20-13-22(16-27-15-20)25-28-6-11-33-25/h1-6,11,13,15-16,21,23,31H,7-10,12,14,17-18H2,(H2,26,32)/t21-,23?/m1/s1. The van der Waals surface area contributed by atoms with E-state index in [0.717, 1.165) is 49.4 Å². The molecule has 1 fully saturated rings. The third-order valence-corrected chi connectivity index (χ3v) is 6.10. The zero-order valence-electron chi connectivity index (χ0n) is 18.7. The van der Waals surface area contributed by atoms with E-state index < -0.39 is 6.10 Å². The van der Waals surface area contributed by atoms with Crippen molar-refractivity contribution in [1.82, 2.24) is 19.8 Å². The number of hydrogen-bond acceptors (Lipinski definition) is 7. The number of amides is 1. The summed E-state index contributed by atoms with van der Waals surface area (Å²) >= 11 is 0. The number of piperazine rings is 1. The first kappa shape index (κ1) is 23.1. The highest BCUT2D eigenvalue weighted by Gasteiger charge is 2.24. The van der Waals surface area contributed by atoms with Gasteiger partial charge in [0.15, 0.2) is 0 Å². The normalized spacial score (nSPS) is 17.0. The number of primary amides is 1. The lowest BCUT2D eigenvalue weighted by Gasteiger charge is -2.36. The maximum Gasteiger partial charge on any atom is 0.227 e. The molecule has 0 aliphatic carbocycles. The molecular formula is C25H31N5O3. The molecule has 33 heavy (non-hydrogen) atoms. The van der Waals surface area contributed by atoms with Crippen LogP contribution in [0.15, 0.2) is 65.7 Å². The molecule has 0 saturated carbocycles. The molecule has 3 heterocycles. The summed E-state index contributed by atoms with van der Waals surface area (Å²) in [4.78, 5) is 25.1. The quantitative estimate of drug-likeness (QED) is 0.487. The minimum absolute atomic E-state index is 0.358. The summed E-state index contributed by atoms with van der Waals surface area (Å²) in [7, 11) is 0. The van der Waals surface area contributed by atoms with Crippen molar-refractivity contribution < 1.29 is 14.3 Å². The Morgan fingerprint density at radius 3 is 2.55 bits per heavy atom. The molecule has 1 aliphatic rings. The van der Waals surface area contributed by atoms with Crippen molar-refractivity contribution in [2.75, 3.05) is 32.7 Å². The summed E-state index contributed by atoms with van der Waals surface area (Å²) in [5.41, 5.74) is 8.66. The van der Waals surface area contributed by atoms with Gasteiger partial charge in [0.05, 0.1) is 17.9 Å². The van der Waals surface area contributed by atoms with Gasteiger partial charge < -0.3 is 15.3 Å². The minimum Gasteiger partial charge on any atom is -0.444 e. The van der Waals surface area contributed by atoms with Crippen molar-refractivity contribution in [2.45, 2.75) is 25.5 Å². The van der Waals surface area contributed by atoms with Crippen LogP contribution in [0.4, 0.5) is 0 Å². The molecule has 8 nitrogen and oxygen atoms in total. The summed E-state index contributed by atoms with van der Waals surface area (Å²) in [5.74, 6) is -0.153. The minimum atomic E-state index is -0.584. The summed E-state index contributed by atoms with van der Waals surface area (Å²) in [6.45, 7) is 4.89. The summed E-state index contributed by atoms with van der Waals surface area (Å²) < 4.78 is 5.37. The van der Waals surface area contributed by atoms with Crippen LogP contribution < -0.4 is 5.73 Å². The Bertz CT molecular complexity index is 1000. The van der Waals surface area contributed by atoms with Crippen LogP contribution in [0.3, 0.4) is 0 Å². The number of carbonyl (C=O) groups is 1. The third kappa shape index (κ3) is 6.71. The molecule has 1 unspecified atom stereocenters. The fourth-order valence-corrected chi connectivity index (χ4v) is 4.34. The van der Waals surface area contributed by atoms with Gasteiger partial charge in [-0.3, -0.25) is 19.6 Å². The van der Waals surface area contributed by atoms with E-state index in [2.05, 4.69) is 25.8 Å². The van der Waals surface area contributed by atoms with Gasteiger partial charge in [-0.2, -0.15) is 0 Å². The molecule has 1 saturated heterocycles. The van der Waals surface area contributed by atoms with Crippen LogP contribution in [0.5, 0.6) is 0 Å². The lowest BCUT2D eigenvalue weighted by molar-refractivity contribution is -0.122. The van der Waals surface area contributed by atoms with Gasteiger partial charge in [-0.1, -0.05) is 30.3 Å². The number of nitrogens with zero attached hydrogens (tertiary/aromatic N) is 4. The number of pyridine rings is 1. The number of aliphatic hydroxyl groups is 1. The average Bonchev–Trinajstić information content (AvgIpc) is 3.36. The summed E-state index contributed by atoms with van der Waals surface area (Å²) in [6.07, 6.45) is 7.17. The number of oxazole rings is 1. The predicted molar refractivity (Wildman–Crippen MR) is 125 cm³/mol. The number of rotatable bonds is 10. The molecule has 3 N–H and O–H groups in total. The van der Waals surface area contributed by atoms with E-state index in [1.807, 2.05) is 36.5 Å². The third-order valence-electron chi connectivity index (χ3n) is 6.10. The molecule has 8 heteroatoms. The Morgan fingerprint density at radius 1 is 1.09 bits per heavy atom. The van der Waals surface area contributed by atoms with Gasteiger partial charge >= 0.3 is 0 Å². The van der Waals surface area contributed by atoms with Crippen LogP contribution in [0.1, 0.15) is 17.5 Å². The number of nitrogens with two attached hydrogens (primary N) is 1. The first-order valence-electron chi connectivity index (χ1n) is 11.4. The van der Waals surface area contributed by atoms with Crippen LogP contribution in [-0.2, 0) is 17.8 Å². The van der Waals surface area contributed by atoms with Crippen LogP contribution >= 0.6 is 0 Å². The van der Waals surface area contributed by atoms with E-state index in [-0.39, 0.29) is 11.8 Å². The van der Waals surface area contributed by atoms with Gasteiger partial charge in [0, 0.05) is 57.6 Å². The molecule has 174 valence electrons. The molecule has 1 amide bonds. The van der Waals surface area contributed by atoms with Crippen molar-refractivity contribution in [3.05, 3.63) is 72.4 Å². The number of benzene rings is 1. The van der Waals surface area contributed by atoms with E-state index in [1.165, 1.54) is 0 Å². The van der Waals surface area contributed by atoms with E-state index in [0.29, 0.717) is 25.3 Å². The largest absolute Gasteiger partial charge is 0.444 e. The highest BCUT2D eigenvalue weighted by Crippen LogP contribution is 2.19. The lowest BCUT2D eigenvalue weighted by Crippen LogP contribution is -2.48. The monoisotopic (exact) mass is 449 g/mol. The fourth-order valence-electron chi connectivity index (χ4n) is 4.34. The SMILES string of the molecule is NC(=O)[C@H](Cc1ccccc1)CC(O)CN1CCN(Cc2cncc(-c3ncco3)c2)CC1. The molecule has 0 bridgehead atoms. The molecule has 0 radical (unpaired) electrons. The highest BCUT2D eigenvalue weighted by molar-refractivity contribution is 5.77. The first-order chi connectivity index (χ1) is 16.1. The van der Waals surface area contributed by atoms with Crippen LogP contribution in [0.2, 0.25) is 0 Å². The molecule has 1 aliphatic heterocycles. The number of aliphatic hydroxyl groups excluding tert-OH is 1. The Morgan fingerprint density at radius 2 is 1.85 bits per heavy atom. The smallest absolute Gasteiger partial charge is 0.227 e. The number of aromatic nitrogens is 2. The molecule has 2 atom stereocenters. The van der Waals surface area contributed by atoms with E-state index in [9.17, 15) is 9.90 Å².